The quantitative estimate of drug-likeness (QED) is 0.434. The second-order valence-electron chi connectivity index (χ2n) is 7.26. The normalized spacial score (nSPS) is 18.5. The number of aromatic hydroxyl groups is 1. The lowest BCUT2D eigenvalue weighted by atomic mass is 9.96. The predicted octanol–water partition coefficient (Wildman–Crippen LogP) is 3.11. The number of ether oxygens (including phenoxy) is 1. The Kier molecular flexibility index (Phi) is 3.94. The number of furan rings is 1. The molecule has 1 aliphatic rings. The minimum Gasteiger partial charge on any atom is -0.497 e. The van der Waals surface area contributed by atoms with Crippen molar-refractivity contribution in [2.24, 2.45) is 0 Å². The largest absolute Gasteiger partial charge is 0.497 e. The Hall–Kier alpha value is -4.08. The third-order valence-corrected chi connectivity index (χ3v) is 5.40. The zero-order valence-corrected chi connectivity index (χ0v) is 16.0. The Bertz CT molecular complexity index is 1350. The Morgan fingerprint density at radius 3 is 2.61 bits per heavy atom. The number of benzene rings is 2. The lowest BCUT2D eigenvalue weighted by Gasteiger charge is -2.24. The molecule has 1 atom stereocenters. The summed E-state index contributed by atoms with van der Waals surface area (Å²) in [6.45, 7) is -0.238. The summed E-state index contributed by atoms with van der Waals surface area (Å²) in [4.78, 5) is 24.8. The highest BCUT2D eigenvalue weighted by Gasteiger charge is 2.51. The van der Waals surface area contributed by atoms with Gasteiger partial charge in [0.2, 0.25) is 0 Å². The second-order valence-corrected chi connectivity index (χ2v) is 7.26. The van der Waals surface area contributed by atoms with E-state index in [9.17, 15) is 23.5 Å². The number of methoxy groups -OCH3 is 1. The number of halogens is 2. The molecule has 3 heterocycles. The van der Waals surface area contributed by atoms with Crippen LogP contribution in [0.25, 0.3) is 21.7 Å². The van der Waals surface area contributed by atoms with Crippen molar-refractivity contribution in [1.29, 1.82) is 0 Å². The Morgan fingerprint density at radius 1 is 1.13 bits per heavy atom. The molecule has 0 spiro atoms. The van der Waals surface area contributed by atoms with Crippen molar-refractivity contribution >= 4 is 33.7 Å². The molecule has 5 rings (SSSR count). The fourth-order valence-corrected chi connectivity index (χ4v) is 3.83. The van der Waals surface area contributed by atoms with Crippen molar-refractivity contribution in [3.05, 3.63) is 60.0 Å². The van der Waals surface area contributed by atoms with E-state index in [-0.39, 0.29) is 29.2 Å². The highest BCUT2D eigenvalue weighted by Crippen LogP contribution is 2.37. The maximum absolute atomic E-state index is 13.6. The Morgan fingerprint density at radius 2 is 1.90 bits per heavy atom. The number of urea groups is 1. The van der Waals surface area contributed by atoms with Gasteiger partial charge in [0.05, 0.1) is 13.7 Å². The van der Waals surface area contributed by atoms with Gasteiger partial charge in [0.25, 0.3) is 5.91 Å². The highest BCUT2D eigenvalue weighted by molar-refractivity contribution is 6.07. The molecule has 0 radical (unpaired) electrons. The molecule has 10 heteroatoms. The van der Waals surface area contributed by atoms with Crippen molar-refractivity contribution in [3.63, 3.8) is 0 Å². The van der Waals surface area contributed by atoms with Gasteiger partial charge in [-0.15, -0.1) is 0 Å². The first kappa shape index (κ1) is 18.9. The van der Waals surface area contributed by atoms with E-state index in [1.54, 1.807) is 24.4 Å². The van der Waals surface area contributed by atoms with Crippen LogP contribution in [-0.2, 0) is 16.9 Å². The topological polar surface area (TPSA) is 106 Å². The van der Waals surface area contributed by atoms with Crippen molar-refractivity contribution < 1.29 is 32.6 Å². The molecule has 0 bridgehead atoms. The first-order valence-corrected chi connectivity index (χ1v) is 9.19. The number of fused-ring (bicyclic) bond motifs is 2. The van der Waals surface area contributed by atoms with E-state index in [1.807, 2.05) is 0 Å². The van der Waals surface area contributed by atoms with Gasteiger partial charge in [-0.25, -0.2) is 13.6 Å². The summed E-state index contributed by atoms with van der Waals surface area (Å²) < 4.78 is 39.4. The summed E-state index contributed by atoms with van der Waals surface area (Å²) in [7, 11) is 1.50. The average molecular weight is 427 g/mol. The number of rotatable bonds is 4. The summed E-state index contributed by atoms with van der Waals surface area (Å²) in [5.74, 6) is -2.57. The van der Waals surface area contributed by atoms with E-state index in [2.05, 4.69) is 10.6 Å². The molecule has 3 N–H and O–H groups in total. The van der Waals surface area contributed by atoms with Crippen LogP contribution in [0.15, 0.2) is 47.0 Å². The third kappa shape index (κ3) is 2.79. The van der Waals surface area contributed by atoms with E-state index in [1.165, 1.54) is 17.7 Å². The molecule has 3 amide bonds. The molecule has 2 aromatic heterocycles. The second kappa shape index (κ2) is 6.46. The average Bonchev–Trinajstić information content (AvgIpc) is 3.37. The van der Waals surface area contributed by atoms with E-state index >= 15 is 0 Å². The number of imide groups is 1. The molecular formula is C21H15F2N3O5. The number of nitrogens with zero attached hydrogens (tertiary/aromatic N) is 1. The molecule has 0 aliphatic carbocycles. The molecule has 0 unspecified atom stereocenters. The van der Waals surface area contributed by atoms with E-state index in [0.29, 0.717) is 16.5 Å². The number of nitrogens with one attached hydrogen (secondary N) is 2. The van der Waals surface area contributed by atoms with E-state index < -0.39 is 29.1 Å². The minimum atomic E-state index is -1.75. The molecule has 0 saturated carbocycles. The summed E-state index contributed by atoms with van der Waals surface area (Å²) in [5, 5.41) is 16.8. The number of carbonyl (C=O) groups is 2. The fraction of sp³-hybridized carbons (Fsp3) is 0.143. The van der Waals surface area contributed by atoms with Crippen LogP contribution in [0.4, 0.5) is 13.6 Å². The van der Waals surface area contributed by atoms with Crippen LogP contribution >= 0.6 is 0 Å². The zero-order chi connectivity index (χ0) is 21.9. The Labute approximate surface area is 173 Å². The number of carbonyl (C=O) groups excluding carboxylic acids is 2. The van der Waals surface area contributed by atoms with Crippen LogP contribution in [0, 0.1) is 11.6 Å². The minimum absolute atomic E-state index is 0.00819. The molecule has 158 valence electrons. The maximum Gasteiger partial charge on any atom is 0.322 e. The van der Waals surface area contributed by atoms with Gasteiger partial charge in [0.15, 0.2) is 23.1 Å². The van der Waals surface area contributed by atoms with Crippen molar-refractivity contribution in [3.8, 4) is 11.6 Å². The van der Waals surface area contributed by atoms with Gasteiger partial charge in [-0.3, -0.25) is 10.1 Å². The molecule has 1 saturated heterocycles. The monoisotopic (exact) mass is 427 g/mol. The van der Waals surface area contributed by atoms with Crippen molar-refractivity contribution in [2.75, 3.05) is 7.11 Å². The molecule has 4 aromatic rings. The molecule has 2 aromatic carbocycles. The van der Waals surface area contributed by atoms with Gasteiger partial charge < -0.3 is 24.1 Å². The summed E-state index contributed by atoms with van der Waals surface area (Å²) in [6, 6.07) is 7.48. The lowest BCUT2D eigenvalue weighted by molar-refractivity contribution is -0.125. The van der Waals surface area contributed by atoms with Gasteiger partial charge in [0.1, 0.15) is 17.1 Å². The van der Waals surface area contributed by atoms with Crippen LogP contribution in [0.2, 0.25) is 0 Å². The summed E-state index contributed by atoms with van der Waals surface area (Å²) >= 11 is 0. The SMILES string of the molecule is COc1ccc2cn(C[C@@]3(c4cc5cc(F)c(F)cc5o4)NC(=O)NC3=O)c(O)c2c1. The van der Waals surface area contributed by atoms with Crippen LogP contribution in [0.3, 0.4) is 0 Å². The molecule has 1 aliphatic heterocycles. The molecule has 1 fully saturated rings. The van der Waals surface area contributed by atoms with Gasteiger partial charge in [-0.05, 0) is 30.3 Å². The highest BCUT2D eigenvalue weighted by atomic mass is 19.2. The van der Waals surface area contributed by atoms with Crippen LogP contribution in [0.1, 0.15) is 5.76 Å². The first-order chi connectivity index (χ1) is 14.8. The van der Waals surface area contributed by atoms with Gasteiger partial charge >= 0.3 is 6.03 Å². The maximum atomic E-state index is 13.6. The zero-order valence-electron chi connectivity index (χ0n) is 16.0. The lowest BCUT2D eigenvalue weighted by Crippen LogP contribution is -2.47. The van der Waals surface area contributed by atoms with Crippen molar-refractivity contribution in [2.45, 2.75) is 12.1 Å². The van der Waals surface area contributed by atoms with Crippen LogP contribution in [-0.4, -0.2) is 28.7 Å². The van der Waals surface area contributed by atoms with Gasteiger partial charge in [-0.2, -0.15) is 0 Å². The van der Waals surface area contributed by atoms with E-state index in [4.69, 9.17) is 9.15 Å². The number of hydrogen-bond acceptors (Lipinski definition) is 5. The van der Waals surface area contributed by atoms with Crippen molar-refractivity contribution in [1.82, 2.24) is 15.2 Å². The van der Waals surface area contributed by atoms with Gasteiger partial charge in [-0.1, -0.05) is 0 Å². The fourth-order valence-electron chi connectivity index (χ4n) is 3.83. The number of aromatic nitrogens is 1. The smallest absolute Gasteiger partial charge is 0.322 e. The van der Waals surface area contributed by atoms with Gasteiger partial charge in [0, 0.05) is 28.4 Å². The number of hydrogen-bond donors (Lipinski definition) is 3. The molecular weight excluding hydrogens is 412 g/mol. The molecule has 31 heavy (non-hydrogen) atoms. The number of amides is 3. The standard InChI is InChI=1S/C21H15F2N3O5/c1-30-12-3-2-10-8-26(18(27)13(10)6-12)9-21(19(28)24-20(29)25-21)17-5-11-4-14(22)15(23)7-16(11)31-17/h2-8,27H,9H2,1H3,(H2,24,25,28,29)/t21-/m0/s1. The Balaban J connectivity index is 1.66. The first-order valence-electron chi connectivity index (χ1n) is 9.19. The predicted molar refractivity (Wildman–Crippen MR) is 105 cm³/mol. The molecule has 8 nitrogen and oxygen atoms in total. The summed E-state index contributed by atoms with van der Waals surface area (Å²) in [6.07, 6.45) is 1.60. The van der Waals surface area contributed by atoms with Crippen LogP contribution in [0.5, 0.6) is 11.6 Å². The van der Waals surface area contributed by atoms with Crippen LogP contribution < -0.4 is 15.4 Å². The van der Waals surface area contributed by atoms with E-state index in [0.717, 1.165) is 12.1 Å². The third-order valence-electron chi connectivity index (χ3n) is 5.40. The summed E-state index contributed by atoms with van der Waals surface area (Å²) in [5.41, 5.74) is -1.74.